The maximum atomic E-state index is 14.2. The standard InChI is InChI=1S/C30H32N2O5/c1-28(2,3)37-27(36)31-16-17-32-24(33)22-23(25(32)34)30(5)21(19-14-10-7-11-15-19)20(29(22,4)26(30)35)18-12-8-6-9-13-18/h6-15,22-23H,16-17H2,1-5H3,(H,31,36). The number of carbonyl (C=O) groups is 4. The van der Waals surface area contributed by atoms with Gasteiger partial charge in [-0.3, -0.25) is 19.3 Å². The van der Waals surface area contributed by atoms with Crippen molar-refractivity contribution in [3.63, 3.8) is 0 Å². The van der Waals surface area contributed by atoms with Gasteiger partial charge in [-0.1, -0.05) is 60.7 Å². The Morgan fingerprint density at radius 2 is 1.27 bits per heavy atom. The molecule has 4 unspecified atom stereocenters. The maximum Gasteiger partial charge on any atom is 0.407 e. The van der Waals surface area contributed by atoms with Crippen molar-refractivity contribution in [2.75, 3.05) is 13.1 Å². The van der Waals surface area contributed by atoms with E-state index in [2.05, 4.69) is 5.32 Å². The van der Waals surface area contributed by atoms with Crippen molar-refractivity contribution >= 4 is 34.8 Å². The molecular formula is C30H32N2O5. The Balaban J connectivity index is 1.54. The van der Waals surface area contributed by atoms with Crippen LogP contribution in [0, 0.1) is 22.7 Å². The third-order valence-corrected chi connectivity index (χ3v) is 8.00. The molecule has 1 saturated carbocycles. The highest BCUT2D eigenvalue weighted by Gasteiger charge is 2.78. The number of hydrogen-bond donors (Lipinski definition) is 1. The lowest BCUT2D eigenvalue weighted by molar-refractivity contribution is -0.144. The molecule has 37 heavy (non-hydrogen) atoms. The summed E-state index contributed by atoms with van der Waals surface area (Å²) in [4.78, 5) is 55.1. The summed E-state index contributed by atoms with van der Waals surface area (Å²) in [6, 6.07) is 19.3. The normalized spacial score (nSPS) is 28.7. The molecule has 1 heterocycles. The quantitative estimate of drug-likeness (QED) is 0.617. The van der Waals surface area contributed by atoms with Crippen LogP contribution in [-0.2, 0) is 19.1 Å². The summed E-state index contributed by atoms with van der Waals surface area (Å²) >= 11 is 0. The number of carbonyl (C=O) groups excluding carboxylic acids is 4. The van der Waals surface area contributed by atoms with Gasteiger partial charge in [0, 0.05) is 13.1 Å². The Bertz CT molecular complexity index is 1240. The smallest absolute Gasteiger partial charge is 0.407 e. The van der Waals surface area contributed by atoms with Crippen molar-refractivity contribution in [2.45, 2.75) is 40.2 Å². The van der Waals surface area contributed by atoms with Gasteiger partial charge in [-0.2, -0.15) is 0 Å². The monoisotopic (exact) mass is 500 g/mol. The van der Waals surface area contributed by atoms with Crippen LogP contribution in [0.3, 0.4) is 0 Å². The Morgan fingerprint density at radius 3 is 1.68 bits per heavy atom. The van der Waals surface area contributed by atoms with E-state index < -0.39 is 34.4 Å². The van der Waals surface area contributed by atoms with Gasteiger partial charge in [-0.05, 0) is 56.9 Å². The predicted octanol–water partition coefficient (Wildman–Crippen LogP) is 4.33. The van der Waals surface area contributed by atoms with Crippen LogP contribution >= 0.6 is 0 Å². The fourth-order valence-corrected chi connectivity index (χ4v) is 6.67. The Morgan fingerprint density at radius 1 is 0.838 bits per heavy atom. The minimum atomic E-state index is -1.15. The van der Waals surface area contributed by atoms with Crippen LogP contribution < -0.4 is 5.32 Å². The SMILES string of the molecule is CC(C)(C)OC(=O)NCCN1C(=O)C2C(C1=O)C1(C)C(=O)C2(C)C(c2ccccc2)=C1c1ccccc1. The van der Waals surface area contributed by atoms with Gasteiger partial charge in [0.05, 0.1) is 22.7 Å². The number of likely N-dealkylation sites (tertiary alicyclic amines) is 1. The second kappa shape index (κ2) is 8.40. The van der Waals surface area contributed by atoms with Crippen molar-refractivity contribution in [1.82, 2.24) is 10.2 Å². The summed E-state index contributed by atoms with van der Waals surface area (Å²) in [6.07, 6.45) is -0.611. The van der Waals surface area contributed by atoms with Crippen LogP contribution in [0.5, 0.6) is 0 Å². The Labute approximate surface area is 216 Å². The van der Waals surface area contributed by atoms with Gasteiger partial charge < -0.3 is 10.1 Å². The lowest BCUT2D eigenvalue weighted by Gasteiger charge is -2.35. The number of ether oxygens (including phenoxy) is 1. The lowest BCUT2D eigenvalue weighted by atomic mass is 9.63. The molecule has 2 aromatic carbocycles. The Hall–Kier alpha value is -3.74. The maximum absolute atomic E-state index is 14.2. The van der Waals surface area contributed by atoms with Gasteiger partial charge in [-0.15, -0.1) is 0 Å². The minimum Gasteiger partial charge on any atom is -0.444 e. The molecule has 192 valence electrons. The van der Waals surface area contributed by atoms with Gasteiger partial charge in [0.2, 0.25) is 11.8 Å². The molecule has 3 amide bonds. The van der Waals surface area contributed by atoms with Crippen LogP contribution in [0.1, 0.15) is 45.7 Å². The molecule has 0 aromatic heterocycles. The summed E-state index contributed by atoms with van der Waals surface area (Å²) in [5, 5.41) is 2.62. The first-order valence-corrected chi connectivity index (χ1v) is 12.7. The molecule has 2 fully saturated rings. The van der Waals surface area contributed by atoms with Crippen LogP contribution in [0.15, 0.2) is 60.7 Å². The number of allylic oxidation sites excluding steroid dienone is 2. The fraction of sp³-hybridized carbons (Fsp3) is 0.400. The zero-order chi connectivity index (χ0) is 26.8. The zero-order valence-corrected chi connectivity index (χ0v) is 21.8. The molecule has 2 aliphatic carbocycles. The van der Waals surface area contributed by atoms with Crippen LogP contribution in [0.2, 0.25) is 0 Å². The number of nitrogens with one attached hydrogen (secondary N) is 1. The van der Waals surface area contributed by atoms with Crippen molar-refractivity contribution in [3.05, 3.63) is 71.8 Å². The van der Waals surface area contributed by atoms with E-state index in [0.717, 1.165) is 22.3 Å². The summed E-state index contributed by atoms with van der Waals surface area (Å²) < 4.78 is 5.26. The third-order valence-electron chi connectivity index (χ3n) is 8.00. The van der Waals surface area contributed by atoms with Gasteiger partial charge in [0.15, 0.2) is 5.78 Å². The molecule has 5 rings (SSSR count). The topological polar surface area (TPSA) is 92.8 Å². The molecule has 3 aliphatic rings. The lowest BCUT2D eigenvalue weighted by Crippen LogP contribution is -2.44. The van der Waals surface area contributed by atoms with Crippen molar-refractivity contribution < 1.29 is 23.9 Å². The number of benzene rings is 2. The number of amides is 3. The summed E-state index contributed by atoms with van der Waals surface area (Å²) in [5.74, 6) is -2.38. The fourth-order valence-electron chi connectivity index (χ4n) is 6.67. The van der Waals surface area contributed by atoms with Crippen molar-refractivity contribution in [2.24, 2.45) is 22.7 Å². The van der Waals surface area contributed by atoms with E-state index in [1.807, 2.05) is 74.5 Å². The number of nitrogens with zero attached hydrogens (tertiary/aromatic N) is 1. The number of hydrogen-bond acceptors (Lipinski definition) is 5. The highest BCUT2D eigenvalue weighted by atomic mass is 16.6. The molecular weight excluding hydrogens is 468 g/mol. The van der Waals surface area contributed by atoms with E-state index in [9.17, 15) is 19.2 Å². The summed E-state index contributed by atoms with van der Waals surface area (Å²) in [7, 11) is 0. The third kappa shape index (κ3) is 3.55. The second-order valence-electron chi connectivity index (χ2n) is 11.4. The highest BCUT2D eigenvalue weighted by Crippen LogP contribution is 2.73. The molecule has 2 aromatic rings. The van der Waals surface area contributed by atoms with Crippen molar-refractivity contribution in [3.8, 4) is 0 Å². The average molecular weight is 501 g/mol. The molecule has 7 nitrogen and oxygen atoms in total. The van der Waals surface area contributed by atoms with Gasteiger partial charge in [0.1, 0.15) is 5.60 Å². The first kappa shape index (κ1) is 24.9. The molecule has 1 aliphatic heterocycles. The van der Waals surface area contributed by atoms with E-state index >= 15 is 0 Å². The second-order valence-corrected chi connectivity index (χ2v) is 11.4. The zero-order valence-electron chi connectivity index (χ0n) is 21.8. The number of alkyl carbamates (subject to hydrolysis) is 1. The van der Waals surface area contributed by atoms with E-state index in [1.54, 1.807) is 20.8 Å². The number of fused-ring (bicyclic) bond motifs is 5. The molecule has 1 N–H and O–H groups in total. The molecule has 0 spiro atoms. The molecule has 7 heteroatoms. The van der Waals surface area contributed by atoms with Gasteiger partial charge in [0.25, 0.3) is 0 Å². The Kier molecular flexibility index (Phi) is 5.66. The van der Waals surface area contributed by atoms with Gasteiger partial charge >= 0.3 is 6.09 Å². The molecule has 0 radical (unpaired) electrons. The van der Waals surface area contributed by atoms with Crippen LogP contribution in [0.4, 0.5) is 4.79 Å². The first-order valence-electron chi connectivity index (χ1n) is 12.7. The molecule has 4 atom stereocenters. The summed E-state index contributed by atoms with van der Waals surface area (Å²) in [6.45, 7) is 9.02. The number of ketones is 1. The number of Topliss-reactive ketones (excluding diaryl/α,β-unsaturated/α-hetero) is 1. The molecule has 2 bridgehead atoms. The van der Waals surface area contributed by atoms with E-state index in [-0.39, 0.29) is 30.7 Å². The number of rotatable bonds is 5. The minimum absolute atomic E-state index is 0.0194. The van der Waals surface area contributed by atoms with E-state index in [0.29, 0.717) is 0 Å². The first-order chi connectivity index (χ1) is 17.4. The average Bonchev–Trinajstić information content (AvgIpc) is 3.29. The predicted molar refractivity (Wildman–Crippen MR) is 139 cm³/mol. The van der Waals surface area contributed by atoms with Crippen molar-refractivity contribution in [1.29, 1.82) is 0 Å². The van der Waals surface area contributed by atoms with Gasteiger partial charge in [-0.25, -0.2) is 4.79 Å². The van der Waals surface area contributed by atoms with Crippen LogP contribution in [-0.4, -0.2) is 47.3 Å². The van der Waals surface area contributed by atoms with E-state index in [1.165, 1.54) is 4.90 Å². The number of imide groups is 1. The highest BCUT2D eigenvalue weighted by molar-refractivity contribution is 6.29. The summed E-state index contributed by atoms with van der Waals surface area (Å²) in [5.41, 5.74) is 0.453. The molecule has 1 saturated heterocycles. The van der Waals surface area contributed by atoms with Crippen LogP contribution in [0.25, 0.3) is 11.1 Å². The van der Waals surface area contributed by atoms with E-state index in [4.69, 9.17) is 4.74 Å². The largest absolute Gasteiger partial charge is 0.444 e.